The van der Waals surface area contributed by atoms with Crippen LogP contribution in [0.25, 0.3) is 0 Å². The first-order valence-corrected chi connectivity index (χ1v) is 13.1. The molecule has 0 bridgehead atoms. The van der Waals surface area contributed by atoms with Gasteiger partial charge in [-0.1, -0.05) is 54.6 Å². The average molecular weight is 507 g/mol. The van der Waals surface area contributed by atoms with Gasteiger partial charge in [0.25, 0.3) is 0 Å². The van der Waals surface area contributed by atoms with Crippen LogP contribution in [0.2, 0.25) is 0 Å². The predicted octanol–water partition coefficient (Wildman–Crippen LogP) is 4.71. The molecule has 3 aromatic rings. The maximum atomic E-state index is 13.6. The van der Waals surface area contributed by atoms with Crippen LogP contribution in [0, 0.1) is 0 Å². The van der Waals surface area contributed by atoms with E-state index in [1.807, 2.05) is 85.8 Å². The van der Waals surface area contributed by atoms with Gasteiger partial charge in [0.2, 0.25) is 11.8 Å². The maximum Gasteiger partial charge on any atom is 0.243 e. The second-order valence-electron chi connectivity index (χ2n) is 8.31. The molecule has 0 spiro atoms. The second-order valence-corrected chi connectivity index (χ2v) is 9.30. The third-order valence-electron chi connectivity index (χ3n) is 5.76. The van der Waals surface area contributed by atoms with E-state index in [9.17, 15) is 9.59 Å². The van der Waals surface area contributed by atoms with E-state index in [1.54, 1.807) is 19.1 Å². The molecule has 36 heavy (non-hydrogen) atoms. The first kappa shape index (κ1) is 27.1. The van der Waals surface area contributed by atoms with Crippen LogP contribution in [0.5, 0.6) is 11.5 Å². The zero-order valence-electron chi connectivity index (χ0n) is 21.1. The maximum absolute atomic E-state index is 13.6. The highest BCUT2D eigenvalue weighted by Crippen LogP contribution is 2.21. The van der Waals surface area contributed by atoms with Gasteiger partial charge in [0.1, 0.15) is 17.5 Å². The summed E-state index contributed by atoms with van der Waals surface area (Å²) in [6, 6.07) is 24.6. The molecular weight excluding hydrogens is 472 g/mol. The van der Waals surface area contributed by atoms with E-state index >= 15 is 0 Å². The van der Waals surface area contributed by atoms with Crippen molar-refractivity contribution in [3.05, 3.63) is 95.6 Å². The minimum absolute atomic E-state index is 0.0801. The number of carbonyl (C=O) groups is 2. The Labute approximate surface area is 218 Å². The van der Waals surface area contributed by atoms with Gasteiger partial charge in [-0.3, -0.25) is 9.59 Å². The first-order valence-electron chi connectivity index (χ1n) is 12.0. The summed E-state index contributed by atoms with van der Waals surface area (Å²) in [4.78, 5) is 28.5. The number of nitrogens with one attached hydrogen (secondary N) is 1. The van der Waals surface area contributed by atoms with Crippen LogP contribution in [-0.4, -0.2) is 49.3 Å². The topological polar surface area (TPSA) is 67.9 Å². The number of rotatable bonds is 13. The van der Waals surface area contributed by atoms with Crippen molar-refractivity contribution in [3.8, 4) is 11.5 Å². The smallest absolute Gasteiger partial charge is 0.243 e. The fourth-order valence-corrected chi connectivity index (χ4v) is 4.75. The molecular formula is C29H34N2O4S. The highest BCUT2D eigenvalue weighted by molar-refractivity contribution is 7.99. The Bertz CT molecular complexity index is 1110. The molecule has 0 radical (unpaired) electrons. The Morgan fingerprint density at radius 2 is 1.56 bits per heavy atom. The number of hydrogen-bond donors (Lipinski definition) is 1. The summed E-state index contributed by atoms with van der Waals surface area (Å²) in [5.41, 5.74) is 3.02. The minimum Gasteiger partial charge on any atom is -0.497 e. The van der Waals surface area contributed by atoms with Crippen molar-refractivity contribution in [2.75, 3.05) is 26.5 Å². The second kappa shape index (κ2) is 14.2. The highest BCUT2D eigenvalue weighted by Gasteiger charge is 2.30. The molecule has 1 atom stereocenters. The lowest BCUT2D eigenvalue weighted by Gasteiger charge is -2.31. The Hall–Kier alpha value is -3.45. The van der Waals surface area contributed by atoms with Gasteiger partial charge < -0.3 is 19.7 Å². The number of likely N-dealkylation sites (N-methyl/N-ethyl adjacent to an activating group) is 1. The SMILES string of the molecule is CCNC(=O)[C@@H](Cc1ccccc1)N(Cc1cccc(OC)c1)C(=O)CSCc1ccc(OC)cc1. The lowest BCUT2D eigenvalue weighted by atomic mass is 10.0. The van der Waals surface area contributed by atoms with Crippen molar-refractivity contribution < 1.29 is 19.1 Å². The van der Waals surface area contributed by atoms with Gasteiger partial charge in [0.15, 0.2) is 0 Å². The molecule has 3 rings (SSSR count). The van der Waals surface area contributed by atoms with Crippen molar-refractivity contribution in [3.63, 3.8) is 0 Å². The van der Waals surface area contributed by atoms with Crippen LogP contribution in [-0.2, 0) is 28.3 Å². The molecule has 7 heteroatoms. The number of hydrogen-bond acceptors (Lipinski definition) is 5. The number of methoxy groups -OCH3 is 2. The van der Waals surface area contributed by atoms with Gasteiger partial charge in [-0.25, -0.2) is 0 Å². The van der Waals surface area contributed by atoms with E-state index in [0.29, 0.717) is 31.0 Å². The largest absolute Gasteiger partial charge is 0.497 e. The molecule has 2 amide bonds. The summed E-state index contributed by atoms with van der Waals surface area (Å²) in [6.45, 7) is 2.70. The predicted molar refractivity (Wildman–Crippen MR) is 145 cm³/mol. The molecule has 6 nitrogen and oxygen atoms in total. The lowest BCUT2D eigenvalue weighted by Crippen LogP contribution is -2.51. The molecule has 0 aliphatic rings. The Balaban J connectivity index is 1.81. The molecule has 0 heterocycles. The molecule has 0 unspecified atom stereocenters. The van der Waals surface area contributed by atoms with Crippen molar-refractivity contribution in [1.82, 2.24) is 10.2 Å². The van der Waals surface area contributed by atoms with Crippen molar-refractivity contribution in [1.29, 1.82) is 0 Å². The van der Waals surface area contributed by atoms with E-state index < -0.39 is 6.04 Å². The van der Waals surface area contributed by atoms with Crippen molar-refractivity contribution >= 4 is 23.6 Å². The summed E-state index contributed by atoms with van der Waals surface area (Å²) >= 11 is 1.53. The van der Waals surface area contributed by atoms with Crippen molar-refractivity contribution in [2.24, 2.45) is 0 Å². The van der Waals surface area contributed by atoms with Gasteiger partial charge in [-0.2, -0.15) is 0 Å². The molecule has 190 valence electrons. The lowest BCUT2D eigenvalue weighted by molar-refractivity contribution is -0.139. The number of nitrogens with zero attached hydrogens (tertiary/aromatic N) is 1. The fourth-order valence-electron chi connectivity index (χ4n) is 3.87. The van der Waals surface area contributed by atoms with E-state index in [-0.39, 0.29) is 17.6 Å². The van der Waals surface area contributed by atoms with Gasteiger partial charge in [0, 0.05) is 25.3 Å². The molecule has 0 saturated carbocycles. The number of thioether (sulfide) groups is 1. The van der Waals surface area contributed by atoms with E-state index in [0.717, 1.165) is 22.4 Å². The fraction of sp³-hybridized carbons (Fsp3) is 0.310. The molecule has 0 saturated heterocycles. The first-order chi connectivity index (χ1) is 17.5. The normalized spacial score (nSPS) is 11.4. The number of amides is 2. The van der Waals surface area contributed by atoms with Crippen LogP contribution in [0.15, 0.2) is 78.9 Å². The van der Waals surface area contributed by atoms with E-state index in [4.69, 9.17) is 9.47 Å². The third-order valence-corrected chi connectivity index (χ3v) is 6.75. The van der Waals surface area contributed by atoms with Gasteiger partial charge in [-0.15, -0.1) is 11.8 Å². The summed E-state index contributed by atoms with van der Waals surface area (Å²) in [5.74, 6) is 2.23. The van der Waals surface area contributed by atoms with Crippen LogP contribution in [0.1, 0.15) is 23.6 Å². The van der Waals surface area contributed by atoms with Crippen molar-refractivity contribution in [2.45, 2.75) is 31.7 Å². The van der Waals surface area contributed by atoms with Crippen LogP contribution >= 0.6 is 11.8 Å². The monoisotopic (exact) mass is 506 g/mol. The summed E-state index contributed by atoms with van der Waals surface area (Å²) < 4.78 is 10.6. The third kappa shape index (κ3) is 8.05. The number of ether oxygens (including phenoxy) is 2. The Morgan fingerprint density at radius 1 is 0.861 bits per heavy atom. The molecule has 1 N–H and O–H groups in total. The zero-order valence-corrected chi connectivity index (χ0v) is 21.9. The highest BCUT2D eigenvalue weighted by atomic mass is 32.2. The number of benzene rings is 3. The molecule has 3 aromatic carbocycles. The van der Waals surface area contributed by atoms with E-state index in [1.165, 1.54) is 11.8 Å². The van der Waals surface area contributed by atoms with Crippen LogP contribution in [0.3, 0.4) is 0 Å². The molecule has 0 fully saturated rings. The molecule has 0 aliphatic carbocycles. The average Bonchev–Trinajstić information content (AvgIpc) is 2.91. The standard InChI is InChI=1S/C29H34N2O4S/c1-4-30-29(33)27(18-22-9-6-5-7-10-22)31(19-24-11-8-12-26(17-24)35-3)28(32)21-36-20-23-13-15-25(34-2)16-14-23/h5-17,27H,4,18-21H2,1-3H3,(H,30,33)/t27-/m1/s1. The molecule has 0 aromatic heterocycles. The summed E-state index contributed by atoms with van der Waals surface area (Å²) in [5, 5.41) is 2.93. The summed E-state index contributed by atoms with van der Waals surface area (Å²) in [6.07, 6.45) is 0.436. The number of carbonyl (C=O) groups excluding carboxylic acids is 2. The van der Waals surface area contributed by atoms with Gasteiger partial charge >= 0.3 is 0 Å². The minimum atomic E-state index is -0.632. The van der Waals surface area contributed by atoms with E-state index in [2.05, 4.69) is 5.32 Å². The van der Waals surface area contributed by atoms with Crippen LogP contribution < -0.4 is 14.8 Å². The van der Waals surface area contributed by atoms with Gasteiger partial charge in [-0.05, 0) is 47.9 Å². The van der Waals surface area contributed by atoms with Gasteiger partial charge in [0.05, 0.1) is 20.0 Å². The van der Waals surface area contributed by atoms with Crippen LogP contribution in [0.4, 0.5) is 0 Å². The Morgan fingerprint density at radius 3 is 2.22 bits per heavy atom. The Kier molecular flexibility index (Phi) is 10.7. The zero-order chi connectivity index (χ0) is 25.8. The molecule has 0 aliphatic heterocycles. The summed E-state index contributed by atoms with van der Waals surface area (Å²) in [7, 11) is 3.25. The quantitative estimate of drug-likeness (QED) is 0.364.